The van der Waals surface area contributed by atoms with E-state index in [-0.39, 0.29) is 0 Å². The average molecular weight is 423 g/mol. The molecule has 0 saturated carbocycles. The van der Waals surface area contributed by atoms with Crippen molar-refractivity contribution in [1.82, 2.24) is 4.57 Å². The van der Waals surface area contributed by atoms with Crippen LogP contribution in [0, 0.1) is 11.3 Å². The highest BCUT2D eigenvalue weighted by Gasteiger charge is 2.23. The van der Waals surface area contributed by atoms with Gasteiger partial charge in [-0.3, -0.25) is 0 Å². The Hall–Kier alpha value is -2.04. The van der Waals surface area contributed by atoms with Crippen molar-refractivity contribution in [2.24, 2.45) is 7.05 Å². The van der Waals surface area contributed by atoms with Crippen LogP contribution in [-0.4, -0.2) is 32.2 Å². The highest BCUT2D eigenvalue weighted by molar-refractivity contribution is 9.10. The first-order chi connectivity index (χ1) is 12.0. The summed E-state index contributed by atoms with van der Waals surface area (Å²) in [6.45, 7) is 0. The molecule has 0 aliphatic rings. The molecule has 0 unspecified atom stereocenters. The summed E-state index contributed by atoms with van der Waals surface area (Å²) in [6.07, 6.45) is 3.90. The van der Waals surface area contributed by atoms with Gasteiger partial charge in [-0.05, 0) is 40.4 Å². The summed E-state index contributed by atoms with van der Waals surface area (Å²) in [6, 6.07) is 8.04. The van der Waals surface area contributed by atoms with Crippen LogP contribution in [0.3, 0.4) is 0 Å². The van der Waals surface area contributed by atoms with Crippen molar-refractivity contribution in [3.8, 4) is 23.3 Å². The first kappa shape index (κ1) is 19.3. The number of hydrogen-bond donors (Lipinski definition) is 0. The van der Waals surface area contributed by atoms with E-state index in [9.17, 15) is 5.26 Å². The number of aromatic nitrogens is 1. The van der Waals surface area contributed by atoms with E-state index in [2.05, 4.69) is 22.0 Å². The van der Waals surface area contributed by atoms with Gasteiger partial charge in [-0.2, -0.15) is 5.26 Å². The van der Waals surface area contributed by atoms with Gasteiger partial charge in [0.25, 0.3) is 0 Å². The molecule has 2 aromatic rings. The fourth-order valence-corrected chi connectivity index (χ4v) is 4.00. The zero-order valence-corrected chi connectivity index (χ0v) is 17.1. The second-order valence-electron chi connectivity index (χ2n) is 5.03. The molecule has 0 fully saturated rings. The van der Waals surface area contributed by atoms with Crippen molar-refractivity contribution in [2.75, 3.05) is 27.6 Å². The van der Waals surface area contributed by atoms with Crippen LogP contribution < -0.4 is 14.2 Å². The lowest BCUT2D eigenvalue weighted by atomic mass is 10.0. The first-order valence-corrected chi connectivity index (χ1v) is 9.34. The summed E-state index contributed by atoms with van der Waals surface area (Å²) in [7, 11) is 6.60. The predicted molar refractivity (Wildman–Crippen MR) is 105 cm³/mol. The van der Waals surface area contributed by atoms with Crippen LogP contribution >= 0.6 is 27.7 Å². The van der Waals surface area contributed by atoms with Gasteiger partial charge >= 0.3 is 0 Å². The third-order valence-corrected chi connectivity index (χ3v) is 5.37. The van der Waals surface area contributed by atoms with E-state index >= 15 is 0 Å². The number of benzene rings is 1. The molecular weight excluding hydrogens is 404 g/mol. The molecule has 1 aromatic carbocycles. The third-order valence-electron chi connectivity index (χ3n) is 3.76. The highest BCUT2D eigenvalue weighted by atomic mass is 79.9. The molecule has 1 heterocycles. The Morgan fingerprint density at radius 1 is 1.20 bits per heavy atom. The van der Waals surface area contributed by atoms with Crippen LogP contribution in [0.4, 0.5) is 0 Å². The average Bonchev–Trinajstić information content (AvgIpc) is 3.05. The van der Waals surface area contributed by atoms with Crippen molar-refractivity contribution < 1.29 is 14.2 Å². The number of allylic oxidation sites excluding steroid dienone is 1. The molecule has 5 nitrogen and oxygen atoms in total. The van der Waals surface area contributed by atoms with Crippen LogP contribution in [0.25, 0.3) is 10.5 Å². The number of nitrogens with zero attached hydrogens (tertiary/aromatic N) is 2. The predicted octanol–water partition coefficient (Wildman–Crippen LogP) is 4.57. The van der Waals surface area contributed by atoms with Crippen molar-refractivity contribution in [3.63, 3.8) is 0 Å². The molecule has 0 radical (unpaired) electrons. The minimum atomic E-state index is 0.475. The Kier molecular flexibility index (Phi) is 6.45. The number of hydrogen-bond acceptors (Lipinski definition) is 5. The molecule has 7 heteroatoms. The first-order valence-electron chi connectivity index (χ1n) is 7.32. The fourth-order valence-electron chi connectivity index (χ4n) is 2.57. The summed E-state index contributed by atoms with van der Waals surface area (Å²) < 4.78 is 18.9. The van der Waals surface area contributed by atoms with Crippen LogP contribution in [0.2, 0.25) is 0 Å². The third kappa shape index (κ3) is 3.51. The molecule has 1 aromatic heterocycles. The summed E-state index contributed by atoms with van der Waals surface area (Å²) in [5, 5.41) is 9.88. The fraction of sp³-hybridized carbons (Fsp3) is 0.278. The minimum absolute atomic E-state index is 0.475. The minimum Gasteiger partial charge on any atom is -0.493 e. The van der Waals surface area contributed by atoms with Gasteiger partial charge in [0.05, 0.1) is 37.1 Å². The standard InChI is InChI=1S/C18H19BrN2O3S/c1-21-8-6-7-13(21)18(25-5)12(10-20)11-9-14(22-2)16(23-3)17(24-4)15(11)19/h6-9H,1-5H3/b18-12+. The quantitative estimate of drug-likeness (QED) is 0.638. The van der Waals surface area contributed by atoms with E-state index in [1.54, 1.807) is 27.4 Å². The normalized spacial score (nSPS) is 11.6. The van der Waals surface area contributed by atoms with Gasteiger partial charge in [-0.15, -0.1) is 11.8 Å². The number of rotatable bonds is 6. The number of thioether (sulfide) groups is 1. The molecule has 0 spiro atoms. The Morgan fingerprint density at radius 3 is 2.32 bits per heavy atom. The second kappa shape index (κ2) is 8.37. The highest BCUT2D eigenvalue weighted by Crippen LogP contribution is 2.48. The molecule has 25 heavy (non-hydrogen) atoms. The molecule has 0 aliphatic carbocycles. The van der Waals surface area contributed by atoms with E-state index < -0.39 is 0 Å². The SMILES string of the molecule is COc1cc(/C(C#N)=C(/SC)c2cccn2C)c(Br)c(OC)c1OC. The lowest BCUT2D eigenvalue weighted by Crippen LogP contribution is -2.00. The monoisotopic (exact) mass is 422 g/mol. The second-order valence-corrected chi connectivity index (χ2v) is 6.64. The largest absolute Gasteiger partial charge is 0.493 e. The zero-order chi connectivity index (χ0) is 18.6. The van der Waals surface area contributed by atoms with Gasteiger partial charge in [0.15, 0.2) is 11.5 Å². The number of ether oxygens (including phenoxy) is 3. The Morgan fingerprint density at radius 2 is 1.88 bits per heavy atom. The Bertz CT molecular complexity index is 853. The Balaban J connectivity index is 2.84. The molecular formula is C18H19BrN2O3S. The van der Waals surface area contributed by atoms with Gasteiger partial charge < -0.3 is 18.8 Å². The molecule has 0 aliphatic heterocycles. The molecule has 132 valence electrons. The van der Waals surface area contributed by atoms with Crippen molar-refractivity contribution in [2.45, 2.75) is 0 Å². The molecule has 0 N–H and O–H groups in total. The van der Waals surface area contributed by atoms with Gasteiger partial charge in [0.2, 0.25) is 5.75 Å². The maximum absolute atomic E-state index is 9.88. The van der Waals surface area contributed by atoms with Crippen LogP contribution in [0.1, 0.15) is 11.3 Å². The topological polar surface area (TPSA) is 56.4 Å². The van der Waals surface area contributed by atoms with Crippen molar-refractivity contribution in [1.29, 1.82) is 5.26 Å². The molecule has 0 amide bonds. The summed E-state index contributed by atoms with van der Waals surface area (Å²) >= 11 is 5.07. The smallest absolute Gasteiger partial charge is 0.204 e. The van der Waals surface area contributed by atoms with Crippen molar-refractivity contribution in [3.05, 3.63) is 40.1 Å². The maximum atomic E-state index is 9.88. The van der Waals surface area contributed by atoms with Crippen LogP contribution in [0.5, 0.6) is 17.2 Å². The van der Waals surface area contributed by atoms with Gasteiger partial charge in [0, 0.05) is 23.7 Å². The lowest BCUT2D eigenvalue weighted by Gasteiger charge is -2.18. The van der Waals surface area contributed by atoms with E-state index in [4.69, 9.17) is 14.2 Å². The van der Waals surface area contributed by atoms with Gasteiger partial charge in [0.1, 0.15) is 6.07 Å². The lowest BCUT2D eigenvalue weighted by molar-refractivity contribution is 0.323. The number of halogens is 1. The van der Waals surface area contributed by atoms with Gasteiger partial charge in [-0.1, -0.05) is 0 Å². The molecule has 2 rings (SSSR count). The molecule has 0 bridgehead atoms. The maximum Gasteiger partial charge on any atom is 0.204 e. The number of aryl methyl sites for hydroxylation is 1. The summed E-state index contributed by atoms with van der Waals surface area (Å²) in [4.78, 5) is 0.866. The van der Waals surface area contributed by atoms with E-state index in [0.29, 0.717) is 32.9 Å². The molecule has 0 atom stereocenters. The van der Waals surface area contributed by atoms with E-state index in [0.717, 1.165) is 10.6 Å². The summed E-state index contributed by atoms with van der Waals surface area (Å²) in [5.74, 6) is 1.46. The van der Waals surface area contributed by atoms with Crippen LogP contribution in [0.15, 0.2) is 28.9 Å². The van der Waals surface area contributed by atoms with Gasteiger partial charge in [-0.25, -0.2) is 0 Å². The van der Waals surface area contributed by atoms with E-state index in [1.165, 1.54) is 11.8 Å². The van der Waals surface area contributed by atoms with E-state index in [1.807, 2.05) is 36.2 Å². The van der Waals surface area contributed by atoms with Crippen molar-refractivity contribution >= 4 is 38.2 Å². The summed E-state index contributed by atoms with van der Waals surface area (Å²) in [5.41, 5.74) is 2.17. The molecule has 0 saturated heterocycles. The Labute approximate surface area is 160 Å². The zero-order valence-electron chi connectivity index (χ0n) is 14.7. The number of nitriles is 1. The number of methoxy groups -OCH3 is 3. The van der Waals surface area contributed by atoms with Crippen LogP contribution in [-0.2, 0) is 7.05 Å².